The molecule has 0 saturated carbocycles. The molecule has 0 aromatic carbocycles. The molecule has 0 aromatic heterocycles. The van der Waals surface area contributed by atoms with E-state index in [4.69, 9.17) is 4.74 Å². The van der Waals surface area contributed by atoms with Crippen molar-refractivity contribution in [3.8, 4) is 0 Å². The second-order valence-electron chi connectivity index (χ2n) is 5.60. The van der Waals surface area contributed by atoms with Crippen LogP contribution < -0.4 is 5.32 Å². The molecule has 1 N–H and O–H groups in total. The van der Waals surface area contributed by atoms with Crippen molar-refractivity contribution in [2.24, 2.45) is 5.92 Å². The van der Waals surface area contributed by atoms with E-state index in [0.29, 0.717) is 0 Å². The van der Waals surface area contributed by atoms with Crippen LogP contribution in [-0.4, -0.2) is 25.3 Å². The Kier molecular flexibility index (Phi) is 8.07. The Bertz CT molecular complexity index is 138. The molecule has 0 spiro atoms. The first kappa shape index (κ1) is 14.9. The largest absolute Gasteiger partial charge is 0.375 e. The molecule has 15 heavy (non-hydrogen) atoms. The molecule has 92 valence electrons. The molecular formula is C13H29NO. The van der Waals surface area contributed by atoms with Gasteiger partial charge < -0.3 is 10.1 Å². The van der Waals surface area contributed by atoms with Gasteiger partial charge in [0.15, 0.2) is 0 Å². The highest BCUT2D eigenvalue weighted by Crippen LogP contribution is 2.06. The Balaban J connectivity index is 3.06. The highest BCUT2D eigenvalue weighted by Gasteiger charge is 2.08. The SMILES string of the molecule is CC(C)CCCCNCCOC(C)(C)C. The Morgan fingerprint density at radius 2 is 1.73 bits per heavy atom. The van der Waals surface area contributed by atoms with E-state index < -0.39 is 0 Å². The maximum atomic E-state index is 5.61. The van der Waals surface area contributed by atoms with Gasteiger partial charge in [0.25, 0.3) is 0 Å². The normalized spacial score (nSPS) is 12.4. The predicted octanol–water partition coefficient (Wildman–Crippen LogP) is 3.22. The van der Waals surface area contributed by atoms with E-state index in [1.165, 1.54) is 19.3 Å². The summed E-state index contributed by atoms with van der Waals surface area (Å²) in [6.45, 7) is 13.8. The van der Waals surface area contributed by atoms with E-state index in [1.807, 2.05) is 0 Å². The summed E-state index contributed by atoms with van der Waals surface area (Å²) in [5.74, 6) is 0.842. The summed E-state index contributed by atoms with van der Waals surface area (Å²) in [4.78, 5) is 0. The average Bonchev–Trinajstić information content (AvgIpc) is 2.07. The fourth-order valence-electron chi connectivity index (χ4n) is 1.36. The number of ether oxygens (including phenoxy) is 1. The minimum atomic E-state index is -0.000672. The molecule has 0 unspecified atom stereocenters. The smallest absolute Gasteiger partial charge is 0.0599 e. The average molecular weight is 215 g/mol. The lowest BCUT2D eigenvalue weighted by Crippen LogP contribution is -2.27. The third-order valence-corrected chi connectivity index (χ3v) is 2.20. The Hall–Kier alpha value is -0.0800. The van der Waals surface area contributed by atoms with Crippen molar-refractivity contribution >= 4 is 0 Å². The molecule has 2 nitrogen and oxygen atoms in total. The van der Waals surface area contributed by atoms with Crippen LogP contribution in [0.25, 0.3) is 0 Å². The van der Waals surface area contributed by atoms with Crippen molar-refractivity contribution < 1.29 is 4.74 Å². The molecule has 0 aromatic rings. The molecule has 0 fully saturated rings. The fraction of sp³-hybridized carbons (Fsp3) is 1.00. The molecule has 0 atom stereocenters. The second-order valence-corrected chi connectivity index (χ2v) is 5.60. The summed E-state index contributed by atoms with van der Waals surface area (Å²) >= 11 is 0. The summed E-state index contributed by atoms with van der Waals surface area (Å²) in [7, 11) is 0. The Labute approximate surface area is 95.8 Å². The lowest BCUT2D eigenvalue weighted by Gasteiger charge is -2.19. The van der Waals surface area contributed by atoms with Gasteiger partial charge in [0.05, 0.1) is 12.2 Å². The maximum absolute atomic E-state index is 5.61. The van der Waals surface area contributed by atoms with Gasteiger partial charge in [-0.05, 0) is 39.7 Å². The van der Waals surface area contributed by atoms with Gasteiger partial charge in [-0.15, -0.1) is 0 Å². The lowest BCUT2D eigenvalue weighted by atomic mass is 10.1. The Morgan fingerprint density at radius 3 is 2.27 bits per heavy atom. The quantitative estimate of drug-likeness (QED) is 0.628. The van der Waals surface area contributed by atoms with Crippen molar-refractivity contribution in [3.05, 3.63) is 0 Å². The third-order valence-electron chi connectivity index (χ3n) is 2.20. The molecule has 0 bridgehead atoms. The maximum Gasteiger partial charge on any atom is 0.0599 e. The molecule has 0 aliphatic rings. The van der Waals surface area contributed by atoms with E-state index in [0.717, 1.165) is 25.6 Å². The predicted molar refractivity (Wildman–Crippen MR) is 67.3 cm³/mol. The van der Waals surface area contributed by atoms with Crippen LogP contribution in [-0.2, 0) is 4.74 Å². The first-order valence-corrected chi connectivity index (χ1v) is 6.26. The molecule has 0 saturated heterocycles. The lowest BCUT2D eigenvalue weighted by molar-refractivity contribution is -0.000762. The number of hydrogen-bond acceptors (Lipinski definition) is 2. The monoisotopic (exact) mass is 215 g/mol. The minimum absolute atomic E-state index is 0.000672. The number of unbranched alkanes of at least 4 members (excludes halogenated alkanes) is 1. The minimum Gasteiger partial charge on any atom is -0.375 e. The van der Waals surface area contributed by atoms with Gasteiger partial charge in [-0.25, -0.2) is 0 Å². The molecule has 0 heterocycles. The molecule has 0 amide bonds. The van der Waals surface area contributed by atoms with Crippen LogP contribution in [0.4, 0.5) is 0 Å². The summed E-state index contributed by atoms with van der Waals surface area (Å²) < 4.78 is 5.61. The van der Waals surface area contributed by atoms with Gasteiger partial charge in [0, 0.05) is 6.54 Å². The summed E-state index contributed by atoms with van der Waals surface area (Å²) in [6.07, 6.45) is 3.97. The zero-order valence-corrected chi connectivity index (χ0v) is 11.2. The van der Waals surface area contributed by atoms with Crippen LogP contribution in [0.3, 0.4) is 0 Å². The van der Waals surface area contributed by atoms with Crippen LogP contribution in [0.5, 0.6) is 0 Å². The van der Waals surface area contributed by atoms with Crippen molar-refractivity contribution in [1.29, 1.82) is 0 Å². The van der Waals surface area contributed by atoms with E-state index in [1.54, 1.807) is 0 Å². The van der Waals surface area contributed by atoms with E-state index in [9.17, 15) is 0 Å². The second kappa shape index (κ2) is 8.12. The molecular weight excluding hydrogens is 186 g/mol. The molecule has 0 radical (unpaired) electrons. The number of rotatable bonds is 8. The summed E-state index contributed by atoms with van der Waals surface area (Å²) in [5.41, 5.74) is -0.000672. The van der Waals surface area contributed by atoms with Crippen molar-refractivity contribution in [2.75, 3.05) is 19.7 Å². The summed E-state index contributed by atoms with van der Waals surface area (Å²) in [5, 5.41) is 3.41. The van der Waals surface area contributed by atoms with Gasteiger partial charge in [-0.3, -0.25) is 0 Å². The molecule has 0 rings (SSSR count). The number of hydrogen-bond donors (Lipinski definition) is 1. The van der Waals surface area contributed by atoms with Crippen LogP contribution in [0.15, 0.2) is 0 Å². The fourth-order valence-corrected chi connectivity index (χ4v) is 1.36. The molecule has 2 heteroatoms. The topological polar surface area (TPSA) is 21.3 Å². The van der Waals surface area contributed by atoms with Gasteiger partial charge in [-0.2, -0.15) is 0 Å². The first-order valence-electron chi connectivity index (χ1n) is 6.26. The zero-order valence-electron chi connectivity index (χ0n) is 11.2. The van der Waals surface area contributed by atoms with Crippen LogP contribution >= 0.6 is 0 Å². The van der Waals surface area contributed by atoms with E-state index in [2.05, 4.69) is 39.9 Å². The standard InChI is InChI=1S/C13H29NO/c1-12(2)8-6-7-9-14-10-11-15-13(3,4)5/h12,14H,6-11H2,1-5H3. The van der Waals surface area contributed by atoms with Crippen molar-refractivity contribution in [2.45, 2.75) is 59.5 Å². The number of nitrogens with one attached hydrogen (secondary N) is 1. The summed E-state index contributed by atoms with van der Waals surface area (Å²) in [6, 6.07) is 0. The van der Waals surface area contributed by atoms with Gasteiger partial charge >= 0.3 is 0 Å². The first-order chi connectivity index (χ1) is 6.92. The van der Waals surface area contributed by atoms with Crippen molar-refractivity contribution in [3.63, 3.8) is 0 Å². The zero-order chi connectivity index (χ0) is 11.7. The van der Waals surface area contributed by atoms with E-state index in [-0.39, 0.29) is 5.60 Å². The van der Waals surface area contributed by atoms with E-state index >= 15 is 0 Å². The third kappa shape index (κ3) is 13.9. The Morgan fingerprint density at radius 1 is 1.07 bits per heavy atom. The van der Waals surface area contributed by atoms with Crippen LogP contribution in [0.2, 0.25) is 0 Å². The van der Waals surface area contributed by atoms with Crippen molar-refractivity contribution in [1.82, 2.24) is 5.32 Å². The van der Waals surface area contributed by atoms with Gasteiger partial charge in [0.1, 0.15) is 0 Å². The highest BCUT2D eigenvalue weighted by molar-refractivity contribution is 4.59. The van der Waals surface area contributed by atoms with Gasteiger partial charge in [-0.1, -0.05) is 26.7 Å². The molecule has 0 aliphatic heterocycles. The highest BCUT2D eigenvalue weighted by atomic mass is 16.5. The van der Waals surface area contributed by atoms with Crippen LogP contribution in [0.1, 0.15) is 53.9 Å². The van der Waals surface area contributed by atoms with Gasteiger partial charge in [0.2, 0.25) is 0 Å². The van der Waals surface area contributed by atoms with Crippen LogP contribution in [0, 0.1) is 5.92 Å². The molecule has 0 aliphatic carbocycles.